The van der Waals surface area contributed by atoms with Crippen LogP contribution in [0.1, 0.15) is 51.9 Å². The summed E-state index contributed by atoms with van der Waals surface area (Å²) in [6.07, 6.45) is 9.48. The fraction of sp³-hybridized carbons (Fsp3) is 0.647. The Morgan fingerprint density at radius 3 is 2.00 bits per heavy atom. The molecule has 19 heavy (non-hydrogen) atoms. The average Bonchev–Trinajstić information content (AvgIpc) is 2.47. The lowest BCUT2D eigenvalue weighted by molar-refractivity contribution is 0.586. The second kappa shape index (κ2) is 11.2. The van der Waals surface area contributed by atoms with Gasteiger partial charge in [0.2, 0.25) is 0 Å². The first-order valence-corrected chi connectivity index (χ1v) is 8.42. The Morgan fingerprint density at radius 2 is 1.42 bits per heavy atom. The van der Waals surface area contributed by atoms with Crippen LogP contribution in [0.15, 0.2) is 30.3 Å². The lowest BCUT2D eigenvalue weighted by Crippen LogP contribution is -2.23. The molecule has 0 aliphatic heterocycles. The van der Waals surface area contributed by atoms with E-state index in [2.05, 4.69) is 54.8 Å². The van der Waals surface area contributed by atoms with Crippen LogP contribution in [0, 0.1) is 0 Å². The summed E-state index contributed by atoms with van der Waals surface area (Å²) in [7, 11) is 0. The lowest BCUT2D eigenvalue weighted by atomic mass is 10.1. The van der Waals surface area contributed by atoms with Crippen LogP contribution in [-0.4, -0.2) is 18.8 Å². The average molecular weight is 279 g/mol. The van der Waals surface area contributed by atoms with Gasteiger partial charge in [0.25, 0.3) is 0 Å². The monoisotopic (exact) mass is 279 g/mol. The quantitative estimate of drug-likeness (QED) is 0.432. The fourth-order valence-corrected chi connectivity index (χ4v) is 2.63. The molecule has 0 amide bonds. The topological polar surface area (TPSA) is 3.24 Å². The molecule has 0 bridgehead atoms. The van der Waals surface area contributed by atoms with E-state index in [1.54, 1.807) is 0 Å². The summed E-state index contributed by atoms with van der Waals surface area (Å²) in [5, 5.41) is 0. The van der Waals surface area contributed by atoms with Crippen LogP contribution in [0.4, 0.5) is 5.69 Å². The minimum absolute atomic E-state index is 1.04. The maximum absolute atomic E-state index is 4.24. The van der Waals surface area contributed by atoms with Crippen LogP contribution < -0.4 is 4.90 Å². The number of anilines is 1. The van der Waals surface area contributed by atoms with Gasteiger partial charge >= 0.3 is 0 Å². The first-order chi connectivity index (χ1) is 9.38. The molecule has 0 aliphatic carbocycles. The summed E-state index contributed by atoms with van der Waals surface area (Å²) in [6.45, 7) is 4.54. The van der Waals surface area contributed by atoms with Crippen LogP contribution in [0.3, 0.4) is 0 Å². The summed E-state index contributed by atoms with van der Waals surface area (Å²) in [5.41, 5.74) is 1.36. The molecule has 1 aromatic rings. The van der Waals surface area contributed by atoms with Crippen molar-refractivity contribution >= 4 is 18.3 Å². The summed E-state index contributed by atoms with van der Waals surface area (Å²) >= 11 is 4.24. The van der Waals surface area contributed by atoms with Crippen LogP contribution >= 0.6 is 12.6 Å². The van der Waals surface area contributed by atoms with Gasteiger partial charge in [-0.2, -0.15) is 12.6 Å². The molecule has 0 N–H and O–H groups in total. The minimum Gasteiger partial charge on any atom is -0.372 e. The summed E-state index contributed by atoms with van der Waals surface area (Å²) in [6, 6.07) is 10.8. The van der Waals surface area contributed by atoms with E-state index >= 15 is 0 Å². The van der Waals surface area contributed by atoms with Gasteiger partial charge in [0.05, 0.1) is 0 Å². The zero-order valence-electron chi connectivity index (χ0n) is 12.4. The number of unbranched alkanes of at least 4 members (excludes halogenated alkanes) is 6. The van der Waals surface area contributed by atoms with E-state index < -0.39 is 0 Å². The third kappa shape index (κ3) is 7.51. The Labute approximate surface area is 124 Å². The molecule has 1 nitrogen and oxygen atoms in total. The van der Waals surface area contributed by atoms with Gasteiger partial charge in [0.1, 0.15) is 0 Å². The van der Waals surface area contributed by atoms with Crippen LogP contribution in [0.2, 0.25) is 0 Å². The lowest BCUT2D eigenvalue weighted by Gasteiger charge is -2.23. The predicted octanol–water partition coefficient (Wildman–Crippen LogP) is 5.17. The van der Waals surface area contributed by atoms with Gasteiger partial charge in [0.15, 0.2) is 0 Å². The Balaban J connectivity index is 2.07. The van der Waals surface area contributed by atoms with Crippen LogP contribution in [-0.2, 0) is 0 Å². The molecule has 0 aliphatic rings. The maximum atomic E-state index is 4.24. The van der Waals surface area contributed by atoms with Crippen molar-refractivity contribution in [2.75, 3.05) is 23.7 Å². The number of hydrogen-bond acceptors (Lipinski definition) is 2. The van der Waals surface area contributed by atoms with Gasteiger partial charge in [-0.1, -0.05) is 50.3 Å². The SMILES string of the molecule is CCN(CCCCCCCCCS)c1ccccc1. The molecule has 0 spiro atoms. The number of nitrogens with zero attached hydrogens (tertiary/aromatic N) is 1. The highest BCUT2D eigenvalue weighted by atomic mass is 32.1. The summed E-state index contributed by atoms with van der Waals surface area (Å²) < 4.78 is 0. The highest BCUT2D eigenvalue weighted by Crippen LogP contribution is 2.14. The number of para-hydroxylation sites is 1. The molecule has 0 aromatic heterocycles. The smallest absolute Gasteiger partial charge is 0.0366 e. The van der Waals surface area contributed by atoms with Crippen LogP contribution in [0.5, 0.6) is 0 Å². The first kappa shape index (κ1) is 16.4. The highest BCUT2D eigenvalue weighted by Gasteiger charge is 2.02. The normalized spacial score (nSPS) is 10.6. The van der Waals surface area contributed by atoms with Gasteiger partial charge in [0, 0.05) is 18.8 Å². The molecule has 1 rings (SSSR count). The second-order valence-electron chi connectivity index (χ2n) is 5.11. The van der Waals surface area contributed by atoms with Crippen molar-refractivity contribution in [3.05, 3.63) is 30.3 Å². The van der Waals surface area contributed by atoms with E-state index in [1.807, 2.05) is 0 Å². The van der Waals surface area contributed by atoms with E-state index in [0.717, 1.165) is 12.3 Å². The van der Waals surface area contributed by atoms with Crippen molar-refractivity contribution < 1.29 is 0 Å². The van der Waals surface area contributed by atoms with Crippen molar-refractivity contribution in [2.24, 2.45) is 0 Å². The van der Waals surface area contributed by atoms with Gasteiger partial charge in [-0.05, 0) is 37.7 Å². The molecule has 108 valence electrons. The van der Waals surface area contributed by atoms with E-state index in [4.69, 9.17) is 0 Å². The van der Waals surface area contributed by atoms with Crippen LogP contribution in [0.25, 0.3) is 0 Å². The molecule has 2 heteroatoms. The molecule has 0 saturated carbocycles. The Kier molecular flexibility index (Phi) is 9.70. The largest absolute Gasteiger partial charge is 0.372 e. The molecule has 0 unspecified atom stereocenters. The Morgan fingerprint density at radius 1 is 0.842 bits per heavy atom. The first-order valence-electron chi connectivity index (χ1n) is 7.79. The van der Waals surface area contributed by atoms with Crippen molar-refractivity contribution in [3.63, 3.8) is 0 Å². The van der Waals surface area contributed by atoms with E-state index in [-0.39, 0.29) is 0 Å². The molecule has 1 aromatic carbocycles. The summed E-state index contributed by atoms with van der Waals surface area (Å²) in [4.78, 5) is 2.47. The van der Waals surface area contributed by atoms with Crippen molar-refractivity contribution in [2.45, 2.75) is 51.9 Å². The predicted molar refractivity (Wildman–Crippen MR) is 90.5 cm³/mol. The van der Waals surface area contributed by atoms with E-state index in [0.29, 0.717) is 0 Å². The van der Waals surface area contributed by atoms with Crippen molar-refractivity contribution in [3.8, 4) is 0 Å². The number of benzene rings is 1. The fourth-order valence-electron chi connectivity index (χ4n) is 2.41. The third-order valence-corrected chi connectivity index (χ3v) is 3.91. The third-order valence-electron chi connectivity index (χ3n) is 3.59. The molecule has 0 heterocycles. The summed E-state index contributed by atoms with van der Waals surface area (Å²) in [5.74, 6) is 1.04. The van der Waals surface area contributed by atoms with Gasteiger partial charge in [-0.15, -0.1) is 0 Å². The molecule has 0 fully saturated rings. The van der Waals surface area contributed by atoms with E-state index in [1.165, 1.54) is 57.2 Å². The van der Waals surface area contributed by atoms with Gasteiger partial charge < -0.3 is 4.90 Å². The van der Waals surface area contributed by atoms with Gasteiger partial charge in [-0.3, -0.25) is 0 Å². The van der Waals surface area contributed by atoms with Crippen molar-refractivity contribution in [1.82, 2.24) is 0 Å². The Hall–Kier alpha value is -0.630. The van der Waals surface area contributed by atoms with Gasteiger partial charge in [-0.25, -0.2) is 0 Å². The molecule has 0 atom stereocenters. The molecule has 0 saturated heterocycles. The molecular formula is C17H29NS. The zero-order chi connectivity index (χ0) is 13.8. The van der Waals surface area contributed by atoms with Crippen molar-refractivity contribution in [1.29, 1.82) is 0 Å². The highest BCUT2D eigenvalue weighted by molar-refractivity contribution is 7.80. The van der Waals surface area contributed by atoms with E-state index in [9.17, 15) is 0 Å². The second-order valence-corrected chi connectivity index (χ2v) is 5.56. The maximum Gasteiger partial charge on any atom is 0.0366 e. The molecule has 0 radical (unpaired) electrons. The zero-order valence-corrected chi connectivity index (χ0v) is 13.2. The Bertz CT molecular complexity index is 299. The number of rotatable bonds is 11. The number of thiol groups is 1. The standard InChI is InChI=1S/C17H29NS/c1-2-18(17-13-9-8-10-14-17)15-11-6-4-3-5-7-12-16-19/h8-10,13-14,19H,2-7,11-12,15-16H2,1H3. The molecular weight excluding hydrogens is 250 g/mol. The number of hydrogen-bond donors (Lipinski definition) is 1. The minimum atomic E-state index is 1.04.